The lowest BCUT2D eigenvalue weighted by Crippen LogP contribution is -2.45. The third kappa shape index (κ3) is 5.25. The zero-order valence-corrected chi connectivity index (χ0v) is 20.9. The lowest BCUT2D eigenvalue weighted by atomic mass is 10.1. The molecule has 1 aliphatic rings. The molecule has 34 heavy (non-hydrogen) atoms. The van der Waals surface area contributed by atoms with Crippen molar-refractivity contribution >= 4 is 23.2 Å². The highest BCUT2D eigenvalue weighted by Crippen LogP contribution is 2.33. The molecule has 6 nitrogen and oxygen atoms in total. The van der Waals surface area contributed by atoms with E-state index in [-0.39, 0.29) is 31.2 Å². The van der Waals surface area contributed by atoms with E-state index in [0.29, 0.717) is 30.2 Å². The van der Waals surface area contributed by atoms with Gasteiger partial charge in [0.15, 0.2) is 11.5 Å². The fourth-order valence-electron chi connectivity index (χ4n) is 3.93. The van der Waals surface area contributed by atoms with Crippen LogP contribution in [0.3, 0.4) is 0 Å². The number of aryl methyl sites for hydroxylation is 2. The average molecular weight is 479 g/mol. The Kier molecular flexibility index (Phi) is 7.22. The number of amides is 2. The van der Waals surface area contributed by atoms with Crippen molar-refractivity contribution in [1.29, 1.82) is 0 Å². The number of fused-ring (bicyclic) bond motifs is 1. The third-order valence-electron chi connectivity index (χ3n) is 6.03. The van der Waals surface area contributed by atoms with E-state index in [1.54, 1.807) is 16.2 Å². The van der Waals surface area contributed by atoms with Gasteiger partial charge in [0.2, 0.25) is 12.7 Å². The van der Waals surface area contributed by atoms with Crippen LogP contribution in [0.4, 0.5) is 0 Å². The Labute approximate surface area is 204 Å². The van der Waals surface area contributed by atoms with Crippen LogP contribution in [0.2, 0.25) is 0 Å². The van der Waals surface area contributed by atoms with Crippen molar-refractivity contribution in [2.24, 2.45) is 0 Å². The number of hydrogen-bond acceptors (Lipinski definition) is 5. The van der Waals surface area contributed by atoms with Crippen molar-refractivity contribution in [3.8, 4) is 11.5 Å². The van der Waals surface area contributed by atoms with Gasteiger partial charge in [-0.25, -0.2) is 0 Å². The SMILES string of the molecule is Cc1ccccc1C(=O)N(CC(=O)N(Cc1ccc2c(c1)OCO2)Cc1sccc1C)C(C)C. The van der Waals surface area contributed by atoms with Crippen LogP contribution < -0.4 is 9.47 Å². The minimum absolute atomic E-state index is 0.0137. The van der Waals surface area contributed by atoms with Gasteiger partial charge >= 0.3 is 0 Å². The minimum Gasteiger partial charge on any atom is -0.454 e. The normalized spacial score (nSPS) is 12.1. The summed E-state index contributed by atoms with van der Waals surface area (Å²) in [5.41, 5.74) is 3.63. The van der Waals surface area contributed by atoms with Crippen LogP contribution in [-0.4, -0.2) is 41.0 Å². The summed E-state index contributed by atoms with van der Waals surface area (Å²) in [5.74, 6) is 1.18. The number of rotatable bonds is 8. The smallest absolute Gasteiger partial charge is 0.254 e. The molecule has 4 rings (SSSR count). The van der Waals surface area contributed by atoms with Crippen molar-refractivity contribution in [2.45, 2.75) is 46.8 Å². The molecule has 2 heterocycles. The van der Waals surface area contributed by atoms with Gasteiger partial charge in [-0.05, 0) is 74.0 Å². The monoisotopic (exact) mass is 478 g/mol. The first-order valence-electron chi connectivity index (χ1n) is 11.4. The molecule has 1 aliphatic heterocycles. The molecule has 178 valence electrons. The van der Waals surface area contributed by atoms with Gasteiger partial charge in [0.05, 0.1) is 6.54 Å². The first-order chi connectivity index (χ1) is 16.3. The van der Waals surface area contributed by atoms with Crippen LogP contribution in [0, 0.1) is 13.8 Å². The van der Waals surface area contributed by atoms with E-state index in [0.717, 1.165) is 21.6 Å². The second-order valence-electron chi connectivity index (χ2n) is 8.81. The quantitative estimate of drug-likeness (QED) is 0.448. The van der Waals surface area contributed by atoms with E-state index in [2.05, 4.69) is 13.0 Å². The van der Waals surface area contributed by atoms with E-state index in [1.165, 1.54) is 0 Å². The fraction of sp³-hybridized carbons (Fsp3) is 0.333. The molecule has 0 spiro atoms. The number of carbonyl (C=O) groups excluding carboxylic acids is 2. The predicted octanol–water partition coefficient (Wildman–Crippen LogP) is 5.17. The highest BCUT2D eigenvalue weighted by Gasteiger charge is 2.26. The van der Waals surface area contributed by atoms with Crippen LogP contribution in [0.5, 0.6) is 11.5 Å². The first kappa shape index (κ1) is 23.8. The van der Waals surface area contributed by atoms with E-state index in [1.807, 2.05) is 73.5 Å². The zero-order chi connectivity index (χ0) is 24.2. The molecule has 7 heteroatoms. The summed E-state index contributed by atoms with van der Waals surface area (Å²) in [5, 5.41) is 2.04. The molecule has 0 fully saturated rings. The van der Waals surface area contributed by atoms with Crippen LogP contribution in [0.25, 0.3) is 0 Å². The van der Waals surface area contributed by atoms with Gasteiger partial charge in [-0.3, -0.25) is 9.59 Å². The number of ether oxygens (including phenoxy) is 2. The first-order valence-corrected chi connectivity index (χ1v) is 12.3. The number of benzene rings is 2. The summed E-state index contributed by atoms with van der Waals surface area (Å²) in [7, 11) is 0. The standard InChI is InChI=1S/C27H30N2O4S/c1-18(2)29(27(31)22-8-6-5-7-19(22)3)16-26(30)28(15-25-20(4)11-12-34-25)14-21-9-10-23-24(13-21)33-17-32-23/h5-13,18H,14-17H2,1-4H3. The largest absolute Gasteiger partial charge is 0.454 e. The Morgan fingerprint density at radius 3 is 2.44 bits per heavy atom. The molecule has 3 aromatic rings. The molecule has 0 aliphatic carbocycles. The van der Waals surface area contributed by atoms with Gasteiger partial charge in [0.25, 0.3) is 5.91 Å². The Bertz CT molecular complexity index is 1190. The maximum atomic E-state index is 13.6. The maximum Gasteiger partial charge on any atom is 0.254 e. The molecule has 0 saturated heterocycles. The van der Waals surface area contributed by atoms with Crippen LogP contribution in [-0.2, 0) is 17.9 Å². The predicted molar refractivity (Wildman–Crippen MR) is 133 cm³/mol. The summed E-state index contributed by atoms with van der Waals surface area (Å²) in [6, 6.07) is 15.2. The highest BCUT2D eigenvalue weighted by atomic mass is 32.1. The summed E-state index contributed by atoms with van der Waals surface area (Å²) in [6.07, 6.45) is 0. The molecule has 0 unspecified atom stereocenters. The summed E-state index contributed by atoms with van der Waals surface area (Å²) >= 11 is 1.64. The van der Waals surface area contributed by atoms with Crippen molar-refractivity contribution in [3.63, 3.8) is 0 Å². The van der Waals surface area contributed by atoms with Crippen molar-refractivity contribution < 1.29 is 19.1 Å². The van der Waals surface area contributed by atoms with Gasteiger partial charge in [-0.1, -0.05) is 24.3 Å². The number of nitrogens with zero attached hydrogens (tertiary/aromatic N) is 2. The summed E-state index contributed by atoms with van der Waals surface area (Å²) in [4.78, 5) is 31.6. The van der Waals surface area contributed by atoms with Crippen molar-refractivity contribution in [3.05, 3.63) is 81.0 Å². The van der Waals surface area contributed by atoms with Gasteiger partial charge < -0.3 is 19.3 Å². The fourth-order valence-corrected chi connectivity index (χ4v) is 4.85. The molecule has 0 radical (unpaired) electrons. The van der Waals surface area contributed by atoms with E-state index in [4.69, 9.17) is 9.47 Å². The molecule has 0 atom stereocenters. The van der Waals surface area contributed by atoms with E-state index < -0.39 is 0 Å². The second kappa shape index (κ2) is 10.3. The van der Waals surface area contributed by atoms with Crippen molar-refractivity contribution in [1.82, 2.24) is 9.80 Å². The molecule has 1 aromatic heterocycles. The van der Waals surface area contributed by atoms with Gasteiger partial charge in [0, 0.05) is 23.0 Å². The van der Waals surface area contributed by atoms with E-state index >= 15 is 0 Å². The molecular formula is C27H30N2O4S. The maximum absolute atomic E-state index is 13.6. The van der Waals surface area contributed by atoms with Crippen LogP contribution in [0.15, 0.2) is 53.9 Å². The van der Waals surface area contributed by atoms with E-state index in [9.17, 15) is 9.59 Å². The molecule has 0 N–H and O–H groups in total. The number of carbonyl (C=O) groups is 2. The average Bonchev–Trinajstić information content (AvgIpc) is 3.45. The van der Waals surface area contributed by atoms with Crippen LogP contribution >= 0.6 is 11.3 Å². The van der Waals surface area contributed by atoms with Crippen molar-refractivity contribution in [2.75, 3.05) is 13.3 Å². The van der Waals surface area contributed by atoms with Crippen LogP contribution in [0.1, 0.15) is 45.8 Å². The Morgan fingerprint density at radius 1 is 0.971 bits per heavy atom. The summed E-state index contributed by atoms with van der Waals surface area (Å²) < 4.78 is 10.9. The summed E-state index contributed by atoms with van der Waals surface area (Å²) in [6.45, 7) is 8.97. The zero-order valence-electron chi connectivity index (χ0n) is 20.0. The van der Waals surface area contributed by atoms with Gasteiger partial charge in [-0.15, -0.1) is 11.3 Å². The minimum atomic E-state index is -0.128. The third-order valence-corrected chi connectivity index (χ3v) is 7.04. The number of hydrogen-bond donors (Lipinski definition) is 0. The Balaban J connectivity index is 1.57. The lowest BCUT2D eigenvalue weighted by molar-refractivity contribution is -0.133. The molecule has 2 amide bonds. The lowest BCUT2D eigenvalue weighted by Gasteiger charge is -2.30. The van der Waals surface area contributed by atoms with Gasteiger partial charge in [0.1, 0.15) is 6.54 Å². The van der Waals surface area contributed by atoms with Gasteiger partial charge in [-0.2, -0.15) is 0 Å². The molecule has 0 saturated carbocycles. The number of thiophene rings is 1. The Morgan fingerprint density at radius 2 is 1.74 bits per heavy atom. The molecule has 2 aromatic carbocycles. The second-order valence-corrected chi connectivity index (χ2v) is 9.81. The molecule has 0 bridgehead atoms. The topological polar surface area (TPSA) is 59.1 Å². The molecular weight excluding hydrogens is 448 g/mol. The highest BCUT2D eigenvalue weighted by molar-refractivity contribution is 7.10. The Hall–Kier alpha value is -3.32.